The van der Waals surface area contributed by atoms with Crippen molar-refractivity contribution in [3.05, 3.63) is 53.3 Å². The van der Waals surface area contributed by atoms with E-state index in [-0.39, 0.29) is 6.09 Å². The van der Waals surface area contributed by atoms with Crippen molar-refractivity contribution in [3.8, 4) is 17.2 Å². The van der Waals surface area contributed by atoms with Gasteiger partial charge in [-0.3, -0.25) is 4.90 Å². The number of piperidine rings is 1. The number of amides is 1. The third-order valence-electron chi connectivity index (χ3n) is 7.54. The lowest BCUT2D eigenvalue weighted by Gasteiger charge is -2.56. The third kappa shape index (κ3) is 4.35. The van der Waals surface area contributed by atoms with E-state index in [1.165, 1.54) is 23.1 Å². The Morgan fingerprint density at radius 1 is 1.21 bits per heavy atom. The summed E-state index contributed by atoms with van der Waals surface area (Å²) in [5.41, 5.74) is 5.94. The van der Waals surface area contributed by atoms with Gasteiger partial charge < -0.3 is 9.64 Å². The van der Waals surface area contributed by atoms with Crippen LogP contribution < -0.4 is 0 Å². The summed E-state index contributed by atoms with van der Waals surface area (Å²) in [6.45, 7) is 8.52. The maximum atomic E-state index is 12.3. The maximum Gasteiger partial charge on any atom is 0.409 e. The molecule has 1 aliphatic carbocycles. The van der Waals surface area contributed by atoms with Gasteiger partial charge in [-0.25, -0.2) is 9.78 Å². The summed E-state index contributed by atoms with van der Waals surface area (Å²) >= 11 is 0. The van der Waals surface area contributed by atoms with E-state index in [9.17, 15) is 4.79 Å². The van der Waals surface area contributed by atoms with Gasteiger partial charge in [0.15, 0.2) is 0 Å². The Labute approximate surface area is 196 Å². The number of benzene rings is 1. The highest BCUT2D eigenvalue weighted by Gasteiger charge is 2.48. The number of ether oxygens (including phenoxy) is 1. The second-order valence-electron chi connectivity index (χ2n) is 10.4. The summed E-state index contributed by atoms with van der Waals surface area (Å²) in [6, 6.07) is 13.1. The lowest BCUT2D eigenvalue weighted by Crippen LogP contribution is -2.61. The van der Waals surface area contributed by atoms with E-state index < -0.39 is 0 Å². The van der Waals surface area contributed by atoms with E-state index in [2.05, 4.69) is 48.0 Å². The van der Waals surface area contributed by atoms with Crippen molar-refractivity contribution in [1.82, 2.24) is 14.8 Å². The van der Waals surface area contributed by atoms with Crippen molar-refractivity contribution < 1.29 is 9.53 Å². The van der Waals surface area contributed by atoms with Crippen LogP contribution in [0.2, 0.25) is 0 Å². The summed E-state index contributed by atoms with van der Waals surface area (Å²) in [7, 11) is 0. The Morgan fingerprint density at radius 2 is 1.97 bits per heavy atom. The lowest BCUT2D eigenvalue weighted by molar-refractivity contribution is -0.0681. The van der Waals surface area contributed by atoms with E-state index in [0.29, 0.717) is 29.7 Å². The van der Waals surface area contributed by atoms with Gasteiger partial charge in [0.25, 0.3) is 0 Å². The molecule has 6 heteroatoms. The molecule has 2 saturated heterocycles. The van der Waals surface area contributed by atoms with Crippen molar-refractivity contribution in [2.75, 3.05) is 32.8 Å². The summed E-state index contributed by atoms with van der Waals surface area (Å²) in [4.78, 5) is 21.0. The first-order valence-corrected chi connectivity index (χ1v) is 12.1. The molecule has 1 spiro atoms. The molecule has 3 aliphatic rings. The average Bonchev–Trinajstić information content (AvgIpc) is 3.24. The number of carbonyl (C=O) groups is 1. The summed E-state index contributed by atoms with van der Waals surface area (Å²) in [5.74, 6) is 0.372. The first-order valence-electron chi connectivity index (χ1n) is 12.1. The summed E-state index contributed by atoms with van der Waals surface area (Å²) < 4.78 is 5.42. The lowest BCUT2D eigenvalue weighted by atomic mass is 9.71. The van der Waals surface area contributed by atoms with Crippen LogP contribution in [0.25, 0.3) is 11.1 Å². The van der Waals surface area contributed by atoms with E-state index in [1.807, 2.05) is 11.0 Å². The van der Waals surface area contributed by atoms with Gasteiger partial charge in [0.2, 0.25) is 0 Å². The van der Waals surface area contributed by atoms with E-state index in [1.54, 1.807) is 12.3 Å². The zero-order chi connectivity index (χ0) is 23.0. The number of pyridine rings is 1. The summed E-state index contributed by atoms with van der Waals surface area (Å²) in [6.07, 6.45) is 6.07. The number of nitrogens with zero attached hydrogens (tertiary/aromatic N) is 4. The molecule has 0 bridgehead atoms. The minimum atomic E-state index is -0.146. The second-order valence-corrected chi connectivity index (χ2v) is 10.4. The van der Waals surface area contributed by atoms with Gasteiger partial charge >= 0.3 is 6.09 Å². The first-order chi connectivity index (χ1) is 16.0. The number of nitriles is 1. The van der Waals surface area contributed by atoms with E-state index in [0.717, 1.165) is 51.0 Å². The van der Waals surface area contributed by atoms with Gasteiger partial charge in [0.05, 0.1) is 6.61 Å². The largest absolute Gasteiger partial charge is 0.449 e. The molecule has 6 nitrogen and oxygen atoms in total. The number of hydrogen-bond acceptors (Lipinski definition) is 5. The zero-order valence-corrected chi connectivity index (χ0v) is 19.6. The smallest absolute Gasteiger partial charge is 0.409 e. The Bertz CT molecular complexity index is 1060. The van der Waals surface area contributed by atoms with Crippen molar-refractivity contribution in [2.45, 2.75) is 45.6 Å². The molecule has 1 aromatic carbocycles. The molecule has 5 rings (SSSR count). The molecule has 172 valence electrons. The Kier molecular flexibility index (Phi) is 5.84. The van der Waals surface area contributed by atoms with Crippen LogP contribution in [-0.4, -0.2) is 53.7 Å². The van der Waals surface area contributed by atoms with E-state index >= 15 is 0 Å². The quantitative estimate of drug-likeness (QED) is 0.678. The maximum absolute atomic E-state index is 12.3. The monoisotopic (exact) mass is 444 g/mol. The molecule has 0 unspecified atom stereocenters. The van der Waals surface area contributed by atoms with Crippen LogP contribution in [0.1, 0.15) is 56.0 Å². The predicted molar refractivity (Wildman–Crippen MR) is 126 cm³/mol. The van der Waals surface area contributed by atoms with Crippen LogP contribution in [0.3, 0.4) is 0 Å². The minimum Gasteiger partial charge on any atom is -0.449 e. The number of aryl methyl sites for hydroxylation is 1. The predicted octanol–water partition coefficient (Wildman–Crippen LogP) is 4.80. The standard InChI is InChI=1S/C27H32N4O2/c1-19(2)16-33-26(32)30-11-9-27(10-12-30)17-31(18-27)25-8-5-21-13-20(4-7-24(21)25)22-3-6-23(14-28)29-15-22/h3-4,6-7,13,15,19,25H,5,8-12,16-18H2,1-2H3/t25-/m1/s1. The molecular weight excluding hydrogens is 412 g/mol. The van der Waals surface area contributed by atoms with Gasteiger partial charge in [-0.1, -0.05) is 32.0 Å². The molecule has 0 saturated carbocycles. The fourth-order valence-electron chi connectivity index (χ4n) is 5.63. The molecule has 33 heavy (non-hydrogen) atoms. The average molecular weight is 445 g/mol. The van der Waals surface area contributed by atoms with Gasteiger partial charge in [-0.2, -0.15) is 5.26 Å². The van der Waals surface area contributed by atoms with Crippen LogP contribution in [-0.2, 0) is 11.2 Å². The topological polar surface area (TPSA) is 69.5 Å². The van der Waals surface area contributed by atoms with Crippen LogP contribution in [0.5, 0.6) is 0 Å². The third-order valence-corrected chi connectivity index (χ3v) is 7.54. The second kappa shape index (κ2) is 8.79. The first kappa shape index (κ1) is 21.9. The van der Waals surface area contributed by atoms with Crippen LogP contribution in [0.4, 0.5) is 4.79 Å². The van der Waals surface area contributed by atoms with Crippen molar-refractivity contribution >= 4 is 6.09 Å². The molecule has 0 radical (unpaired) electrons. The van der Waals surface area contributed by atoms with E-state index in [4.69, 9.17) is 10.00 Å². The number of hydrogen-bond donors (Lipinski definition) is 0. The normalized spacial score (nSPS) is 21.5. The minimum absolute atomic E-state index is 0.146. The molecule has 0 N–H and O–H groups in total. The summed E-state index contributed by atoms with van der Waals surface area (Å²) in [5, 5.41) is 8.96. The molecule has 1 atom stereocenters. The number of aromatic nitrogens is 1. The van der Waals surface area contributed by atoms with Gasteiger partial charge in [-0.15, -0.1) is 0 Å². The van der Waals surface area contributed by atoms with Gasteiger partial charge in [0.1, 0.15) is 11.8 Å². The zero-order valence-electron chi connectivity index (χ0n) is 19.6. The molecule has 2 aromatic rings. The van der Waals surface area contributed by atoms with Crippen LogP contribution >= 0.6 is 0 Å². The number of rotatable bonds is 4. The van der Waals surface area contributed by atoms with Crippen LogP contribution in [0, 0.1) is 22.7 Å². The number of carbonyl (C=O) groups excluding carboxylic acids is 1. The Balaban J connectivity index is 1.18. The number of fused-ring (bicyclic) bond motifs is 1. The molecule has 1 aromatic heterocycles. The van der Waals surface area contributed by atoms with Gasteiger partial charge in [-0.05, 0) is 65.8 Å². The molecule has 1 amide bonds. The highest BCUT2D eigenvalue weighted by molar-refractivity contribution is 5.68. The highest BCUT2D eigenvalue weighted by Crippen LogP contribution is 2.48. The Morgan fingerprint density at radius 3 is 2.64 bits per heavy atom. The van der Waals surface area contributed by atoms with Gasteiger partial charge in [0, 0.05) is 44.0 Å². The van der Waals surface area contributed by atoms with Crippen molar-refractivity contribution in [1.29, 1.82) is 5.26 Å². The molecular formula is C27H32N4O2. The van der Waals surface area contributed by atoms with Crippen LogP contribution in [0.15, 0.2) is 36.5 Å². The van der Waals surface area contributed by atoms with Crippen molar-refractivity contribution in [2.24, 2.45) is 11.3 Å². The number of likely N-dealkylation sites (tertiary alicyclic amines) is 2. The fourth-order valence-corrected chi connectivity index (χ4v) is 5.63. The SMILES string of the molecule is CC(C)COC(=O)N1CCC2(CC1)CN([C@@H]1CCc3cc(-c4ccc(C#N)nc4)ccc31)C2. The Hall–Kier alpha value is -2.91. The van der Waals surface area contributed by atoms with Crippen molar-refractivity contribution in [3.63, 3.8) is 0 Å². The molecule has 3 heterocycles. The molecule has 2 fully saturated rings. The molecule has 2 aliphatic heterocycles. The highest BCUT2D eigenvalue weighted by atomic mass is 16.6. The fraction of sp³-hybridized carbons (Fsp3) is 0.519.